The summed E-state index contributed by atoms with van der Waals surface area (Å²) in [6.45, 7) is 4.45. The quantitative estimate of drug-likeness (QED) is 0.0607. The number of unbranched alkanes of at least 4 members (excludes halogenated alkanes) is 18. The van der Waals surface area contributed by atoms with E-state index in [9.17, 15) is 29.4 Å². The Morgan fingerprint density at radius 1 is 0.538 bits per heavy atom. The highest BCUT2D eigenvalue weighted by atomic mass is 16.6. The molecular formula is C31H56O8. The van der Waals surface area contributed by atoms with Gasteiger partial charge in [0.15, 0.2) is 5.60 Å². The minimum Gasteiger partial charge on any atom is -0.479 e. The molecule has 39 heavy (non-hydrogen) atoms. The Bertz CT molecular complexity index is 663. The van der Waals surface area contributed by atoms with Crippen LogP contribution in [0.25, 0.3) is 0 Å². The first-order valence-corrected chi connectivity index (χ1v) is 15.6. The van der Waals surface area contributed by atoms with E-state index in [1.54, 1.807) is 0 Å². The molecule has 2 N–H and O–H groups in total. The Labute approximate surface area is 236 Å². The van der Waals surface area contributed by atoms with Gasteiger partial charge < -0.3 is 19.7 Å². The van der Waals surface area contributed by atoms with Gasteiger partial charge in [0.1, 0.15) is 0 Å². The first-order valence-electron chi connectivity index (χ1n) is 15.6. The average molecular weight is 557 g/mol. The van der Waals surface area contributed by atoms with Crippen molar-refractivity contribution in [3.63, 3.8) is 0 Å². The number of aliphatic carboxylic acids is 1. The number of carboxylic acids is 1. The minimum atomic E-state index is -2.68. The average Bonchev–Trinajstić information content (AvgIpc) is 2.88. The van der Waals surface area contributed by atoms with Crippen molar-refractivity contribution in [1.29, 1.82) is 0 Å². The van der Waals surface area contributed by atoms with Crippen molar-refractivity contribution in [3.05, 3.63) is 0 Å². The van der Waals surface area contributed by atoms with Gasteiger partial charge in [0.25, 0.3) is 0 Å². The van der Waals surface area contributed by atoms with Crippen LogP contribution in [-0.2, 0) is 28.7 Å². The van der Waals surface area contributed by atoms with E-state index in [1.807, 2.05) is 0 Å². The van der Waals surface area contributed by atoms with Gasteiger partial charge in [-0.15, -0.1) is 0 Å². The molecule has 8 nitrogen and oxygen atoms in total. The van der Waals surface area contributed by atoms with E-state index in [0.717, 1.165) is 44.9 Å². The predicted octanol–water partition coefficient (Wildman–Crippen LogP) is 7.43. The molecule has 228 valence electrons. The van der Waals surface area contributed by atoms with Crippen molar-refractivity contribution in [3.8, 4) is 0 Å². The monoisotopic (exact) mass is 556 g/mol. The number of carboxylic acid groups (broad SMARTS) is 1. The molecule has 0 fully saturated rings. The number of esters is 3. The molecular weight excluding hydrogens is 500 g/mol. The molecule has 0 spiro atoms. The molecule has 0 aromatic carbocycles. The first-order chi connectivity index (χ1) is 18.7. The van der Waals surface area contributed by atoms with Gasteiger partial charge in [-0.1, -0.05) is 129 Å². The van der Waals surface area contributed by atoms with E-state index >= 15 is 0 Å². The van der Waals surface area contributed by atoms with Gasteiger partial charge in [-0.05, 0) is 12.8 Å². The van der Waals surface area contributed by atoms with Gasteiger partial charge in [0.05, 0.1) is 19.4 Å². The summed E-state index contributed by atoms with van der Waals surface area (Å²) in [5, 5.41) is 19.7. The number of carbonyl (C=O) groups is 4. The highest BCUT2D eigenvalue weighted by molar-refractivity contribution is 5.92. The van der Waals surface area contributed by atoms with Crippen LogP contribution >= 0.6 is 0 Å². The van der Waals surface area contributed by atoms with Crippen molar-refractivity contribution in [2.75, 3.05) is 6.61 Å². The van der Waals surface area contributed by atoms with Crippen LogP contribution in [0.1, 0.15) is 162 Å². The van der Waals surface area contributed by atoms with Crippen LogP contribution in [-0.4, -0.2) is 46.3 Å². The van der Waals surface area contributed by atoms with Crippen LogP contribution in [0.4, 0.5) is 0 Å². The second-order valence-corrected chi connectivity index (χ2v) is 10.9. The van der Waals surface area contributed by atoms with Crippen LogP contribution in [0.3, 0.4) is 0 Å². The Morgan fingerprint density at radius 3 is 1.36 bits per heavy atom. The topological polar surface area (TPSA) is 127 Å². The summed E-state index contributed by atoms with van der Waals surface area (Å²) in [6, 6.07) is 0. The predicted molar refractivity (Wildman–Crippen MR) is 152 cm³/mol. The number of carbonyl (C=O) groups excluding carboxylic acids is 3. The lowest BCUT2D eigenvalue weighted by Crippen LogP contribution is -2.43. The maximum atomic E-state index is 12.1. The van der Waals surface area contributed by atoms with Gasteiger partial charge in [0, 0.05) is 6.42 Å². The molecule has 0 radical (unpaired) electrons. The number of ether oxygens (including phenoxy) is 2. The third kappa shape index (κ3) is 22.5. The Hall–Kier alpha value is -1.96. The fourth-order valence-electron chi connectivity index (χ4n) is 4.49. The van der Waals surface area contributed by atoms with Crippen molar-refractivity contribution in [2.45, 2.75) is 167 Å². The molecule has 0 saturated heterocycles. The SMILES string of the molecule is CCCCCCCCCCCCCCCCCOC(=O)CC(O)(CC(=O)OC(=O)CCCCCCC)C(=O)O. The normalized spacial score (nSPS) is 12.6. The fraction of sp³-hybridized carbons (Fsp3) is 0.871. The fourth-order valence-corrected chi connectivity index (χ4v) is 4.49. The van der Waals surface area contributed by atoms with E-state index in [4.69, 9.17) is 4.74 Å². The maximum Gasteiger partial charge on any atom is 0.336 e. The third-order valence-corrected chi connectivity index (χ3v) is 6.99. The summed E-state index contributed by atoms with van der Waals surface area (Å²) >= 11 is 0. The molecule has 0 aliphatic rings. The highest BCUT2D eigenvalue weighted by Gasteiger charge is 2.42. The lowest BCUT2D eigenvalue weighted by atomic mass is 9.96. The zero-order valence-electron chi connectivity index (χ0n) is 24.8. The molecule has 0 aliphatic heterocycles. The summed E-state index contributed by atoms with van der Waals surface area (Å²) in [7, 11) is 0. The van der Waals surface area contributed by atoms with Crippen LogP contribution in [0.15, 0.2) is 0 Å². The van der Waals surface area contributed by atoms with Crippen LogP contribution < -0.4 is 0 Å². The lowest BCUT2D eigenvalue weighted by Gasteiger charge is -2.21. The van der Waals surface area contributed by atoms with Crippen LogP contribution in [0, 0.1) is 0 Å². The van der Waals surface area contributed by atoms with E-state index in [0.29, 0.717) is 12.8 Å². The number of aliphatic hydroxyl groups is 1. The van der Waals surface area contributed by atoms with Crippen molar-refractivity contribution >= 4 is 23.9 Å². The van der Waals surface area contributed by atoms with Gasteiger partial charge in [0.2, 0.25) is 0 Å². The molecule has 0 saturated carbocycles. The zero-order valence-corrected chi connectivity index (χ0v) is 24.8. The largest absolute Gasteiger partial charge is 0.479 e. The van der Waals surface area contributed by atoms with E-state index in [2.05, 4.69) is 18.6 Å². The summed E-state index contributed by atoms with van der Waals surface area (Å²) in [5.41, 5.74) is -2.68. The second-order valence-electron chi connectivity index (χ2n) is 10.9. The Morgan fingerprint density at radius 2 is 0.923 bits per heavy atom. The number of hydrogen-bond acceptors (Lipinski definition) is 7. The molecule has 1 atom stereocenters. The lowest BCUT2D eigenvalue weighted by molar-refractivity contribution is -0.175. The molecule has 1 unspecified atom stereocenters. The summed E-state index contributed by atoms with van der Waals surface area (Å²) in [4.78, 5) is 47.4. The molecule has 0 rings (SSSR count). The van der Waals surface area contributed by atoms with Crippen molar-refractivity contribution < 1.29 is 38.9 Å². The molecule has 0 aliphatic carbocycles. The first kappa shape index (κ1) is 37.0. The molecule has 0 aromatic rings. The van der Waals surface area contributed by atoms with Gasteiger partial charge >= 0.3 is 23.9 Å². The summed E-state index contributed by atoms with van der Waals surface area (Å²) in [6.07, 6.45) is 21.0. The molecule has 8 heteroatoms. The van der Waals surface area contributed by atoms with Gasteiger partial charge in [-0.2, -0.15) is 0 Å². The van der Waals surface area contributed by atoms with Crippen LogP contribution in [0.2, 0.25) is 0 Å². The van der Waals surface area contributed by atoms with Gasteiger partial charge in [-0.3, -0.25) is 14.4 Å². The maximum absolute atomic E-state index is 12.1. The molecule has 0 amide bonds. The second kappa shape index (κ2) is 25.0. The smallest absolute Gasteiger partial charge is 0.336 e. The third-order valence-electron chi connectivity index (χ3n) is 6.99. The van der Waals surface area contributed by atoms with Gasteiger partial charge in [-0.25, -0.2) is 4.79 Å². The molecule has 0 aromatic heterocycles. The summed E-state index contributed by atoms with van der Waals surface area (Å²) in [5.74, 6) is -4.58. The number of rotatable bonds is 27. The zero-order chi connectivity index (χ0) is 29.2. The number of hydrogen-bond donors (Lipinski definition) is 2. The highest BCUT2D eigenvalue weighted by Crippen LogP contribution is 2.19. The Balaban J connectivity index is 3.91. The van der Waals surface area contributed by atoms with Crippen molar-refractivity contribution in [1.82, 2.24) is 0 Å². The molecule has 0 heterocycles. The van der Waals surface area contributed by atoms with Crippen molar-refractivity contribution in [2.24, 2.45) is 0 Å². The Kier molecular flexibility index (Phi) is 23.8. The van der Waals surface area contributed by atoms with Crippen LogP contribution in [0.5, 0.6) is 0 Å². The van der Waals surface area contributed by atoms with E-state index in [-0.39, 0.29) is 13.0 Å². The molecule has 0 bridgehead atoms. The summed E-state index contributed by atoms with van der Waals surface area (Å²) < 4.78 is 9.69. The standard InChI is InChI=1S/C31H56O8/c1-3-5-7-9-10-11-12-13-14-15-16-17-18-20-22-24-38-28(33)25-31(37,30(35)36)26-29(34)39-27(32)23-21-19-8-6-4-2/h37H,3-26H2,1-2H3,(H,35,36). The van der Waals surface area contributed by atoms with E-state index in [1.165, 1.54) is 70.6 Å². The minimum absolute atomic E-state index is 0.0439. The van der Waals surface area contributed by atoms with E-state index < -0.39 is 42.3 Å².